The van der Waals surface area contributed by atoms with Crippen LogP contribution < -0.4 is 9.47 Å². The van der Waals surface area contributed by atoms with Crippen LogP contribution in [0.2, 0.25) is 0 Å². The van der Waals surface area contributed by atoms with Crippen LogP contribution in [0.25, 0.3) is 10.6 Å². The van der Waals surface area contributed by atoms with E-state index in [4.69, 9.17) is 9.47 Å². The molecule has 5 nitrogen and oxygen atoms in total. The molecule has 0 aliphatic carbocycles. The molecule has 0 fully saturated rings. The number of hydrogen-bond acceptors (Lipinski definition) is 6. The molecule has 1 heterocycles. The average Bonchev–Trinajstić information content (AvgIpc) is 3.09. The molecule has 0 aliphatic rings. The van der Waals surface area contributed by atoms with Crippen molar-refractivity contribution >= 4 is 21.2 Å². The molecule has 3 rings (SSSR count). The Labute approximate surface area is 167 Å². The quantitative estimate of drug-likeness (QED) is 0.537. The maximum Gasteiger partial charge on any atom is 0.161 e. The van der Waals surface area contributed by atoms with Crippen LogP contribution in [0.5, 0.6) is 11.5 Å². The summed E-state index contributed by atoms with van der Waals surface area (Å²) in [5.41, 5.74) is 1.70. The number of rotatable bonds is 8. The highest BCUT2D eigenvalue weighted by molar-refractivity contribution is 7.89. The van der Waals surface area contributed by atoms with Crippen LogP contribution in [0.15, 0.2) is 47.8 Å². The smallest absolute Gasteiger partial charge is 0.161 e. The Bertz CT molecular complexity index is 1060. The van der Waals surface area contributed by atoms with Crippen LogP contribution in [0, 0.1) is 5.82 Å². The maximum atomic E-state index is 13.3. The van der Waals surface area contributed by atoms with Gasteiger partial charge in [-0.1, -0.05) is 12.1 Å². The van der Waals surface area contributed by atoms with Crippen LogP contribution in [0.3, 0.4) is 0 Å². The first-order valence-electron chi connectivity index (χ1n) is 8.60. The highest BCUT2D eigenvalue weighted by Gasteiger charge is 2.17. The summed E-state index contributed by atoms with van der Waals surface area (Å²) in [7, 11) is -1.90. The third kappa shape index (κ3) is 5.08. The van der Waals surface area contributed by atoms with Crippen molar-refractivity contribution in [3.05, 3.63) is 64.9 Å². The van der Waals surface area contributed by atoms with Crippen molar-refractivity contribution in [2.75, 3.05) is 13.7 Å². The van der Waals surface area contributed by atoms with Crippen LogP contribution >= 0.6 is 11.3 Å². The predicted octanol–water partition coefficient (Wildman–Crippen LogP) is 4.47. The largest absolute Gasteiger partial charge is 0.493 e. The van der Waals surface area contributed by atoms with E-state index in [0.29, 0.717) is 34.4 Å². The number of methoxy groups -OCH3 is 1. The number of thiazole rings is 1. The Kier molecular flexibility index (Phi) is 6.31. The minimum absolute atomic E-state index is 0.200. The molecule has 28 heavy (non-hydrogen) atoms. The summed E-state index contributed by atoms with van der Waals surface area (Å²) in [5.74, 6) is 0.356. The van der Waals surface area contributed by atoms with Gasteiger partial charge in [-0.3, -0.25) is 0 Å². The summed E-state index contributed by atoms with van der Waals surface area (Å²) in [5, 5.41) is 2.42. The third-order valence-corrected chi connectivity index (χ3v) is 6.35. The van der Waals surface area contributed by atoms with E-state index < -0.39 is 15.7 Å². The molecule has 2 aromatic carbocycles. The number of benzene rings is 2. The molecule has 0 aliphatic heterocycles. The van der Waals surface area contributed by atoms with Crippen molar-refractivity contribution in [1.29, 1.82) is 0 Å². The molecule has 3 aromatic rings. The fraction of sp³-hybridized carbons (Fsp3) is 0.250. The van der Waals surface area contributed by atoms with Gasteiger partial charge in [0.15, 0.2) is 21.3 Å². The molecular weight excluding hydrogens is 401 g/mol. The molecule has 0 spiro atoms. The average molecular weight is 422 g/mol. The molecule has 0 atom stereocenters. The van der Waals surface area contributed by atoms with Crippen molar-refractivity contribution in [3.63, 3.8) is 0 Å². The van der Waals surface area contributed by atoms with E-state index in [1.54, 1.807) is 24.6 Å². The van der Waals surface area contributed by atoms with E-state index in [-0.39, 0.29) is 11.5 Å². The van der Waals surface area contributed by atoms with Crippen molar-refractivity contribution in [2.24, 2.45) is 0 Å². The Hall–Kier alpha value is -2.45. The van der Waals surface area contributed by atoms with Crippen molar-refractivity contribution in [1.82, 2.24) is 4.98 Å². The molecule has 1 aromatic heterocycles. The van der Waals surface area contributed by atoms with Crippen LogP contribution in [0.4, 0.5) is 4.39 Å². The topological polar surface area (TPSA) is 65.5 Å². The zero-order chi connectivity index (χ0) is 20.1. The summed E-state index contributed by atoms with van der Waals surface area (Å²) in [6.07, 6.45) is 0. The summed E-state index contributed by atoms with van der Waals surface area (Å²) < 4.78 is 49.0. The fourth-order valence-electron chi connectivity index (χ4n) is 2.74. The van der Waals surface area contributed by atoms with Gasteiger partial charge in [0, 0.05) is 10.9 Å². The minimum Gasteiger partial charge on any atom is -0.493 e. The second-order valence-corrected chi connectivity index (χ2v) is 9.03. The normalized spacial score (nSPS) is 11.4. The molecule has 0 radical (unpaired) electrons. The lowest BCUT2D eigenvalue weighted by molar-refractivity contribution is 0.311. The molecule has 0 saturated carbocycles. The molecule has 8 heteroatoms. The lowest BCUT2D eigenvalue weighted by Crippen LogP contribution is -2.08. The second-order valence-electron chi connectivity index (χ2n) is 6.10. The number of sulfone groups is 1. The van der Waals surface area contributed by atoms with E-state index in [2.05, 4.69) is 4.98 Å². The summed E-state index contributed by atoms with van der Waals surface area (Å²) >= 11 is 1.36. The first-order valence-corrected chi connectivity index (χ1v) is 11.3. The van der Waals surface area contributed by atoms with E-state index in [0.717, 1.165) is 5.56 Å². The van der Waals surface area contributed by atoms with Gasteiger partial charge in [-0.25, -0.2) is 17.8 Å². The van der Waals surface area contributed by atoms with Gasteiger partial charge in [-0.2, -0.15) is 0 Å². The van der Waals surface area contributed by atoms with E-state index in [1.807, 2.05) is 19.1 Å². The van der Waals surface area contributed by atoms with Gasteiger partial charge in [0.25, 0.3) is 0 Å². The number of ether oxygens (including phenoxy) is 2. The molecule has 0 amide bonds. The van der Waals surface area contributed by atoms with Crippen molar-refractivity contribution < 1.29 is 22.3 Å². The van der Waals surface area contributed by atoms with Crippen LogP contribution in [0.1, 0.15) is 18.2 Å². The number of aromatic nitrogens is 1. The standard InChI is InChI=1S/C20H20FNO4S2/c1-3-26-18-8-7-15(10-19(18)25-2)20-22-17(11-27-20)13-28(23,24)12-14-5-4-6-16(21)9-14/h4-11H,3,12-13H2,1-2H3. The van der Waals surface area contributed by atoms with Crippen molar-refractivity contribution in [3.8, 4) is 22.1 Å². The van der Waals surface area contributed by atoms with Crippen molar-refractivity contribution in [2.45, 2.75) is 18.4 Å². The fourth-order valence-corrected chi connectivity index (χ4v) is 5.05. The number of nitrogens with zero attached hydrogens (tertiary/aromatic N) is 1. The highest BCUT2D eigenvalue weighted by atomic mass is 32.2. The number of halogens is 1. The Morgan fingerprint density at radius 2 is 1.93 bits per heavy atom. The first kappa shape index (κ1) is 20.3. The Morgan fingerprint density at radius 3 is 2.64 bits per heavy atom. The molecular formula is C20H20FNO4S2. The third-order valence-electron chi connectivity index (χ3n) is 3.91. The lowest BCUT2D eigenvalue weighted by Gasteiger charge is -2.09. The van der Waals surface area contributed by atoms with Gasteiger partial charge in [0.1, 0.15) is 10.8 Å². The van der Waals surface area contributed by atoms with Gasteiger partial charge in [-0.05, 0) is 42.8 Å². The SMILES string of the molecule is CCOc1ccc(-c2nc(CS(=O)(=O)Cc3cccc(F)c3)cs2)cc1OC. The second kappa shape index (κ2) is 8.70. The van der Waals surface area contributed by atoms with E-state index >= 15 is 0 Å². The van der Waals surface area contributed by atoms with Gasteiger partial charge in [-0.15, -0.1) is 11.3 Å². The van der Waals surface area contributed by atoms with Crippen LogP contribution in [-0.4, -0.2) is 27.1 Å². The lowest BCUT2D eigenvalue weighted by atomic mass is 10.2. The van der Waals surface area contributed by atoms with E-state index in [9.17, 15) is 12.8 Å². The number of hydrogen-bond donors (Lipinski definition) is 0. The maximum absolute atomic E-state index is 13.3. The summed E-state index contributed by atoms with van der Waals surface area (Å²) in [6, 6.07) is 11.1. The van der Waals surface area contributed by atoms with E-state index in [1.165, 1.54) is 29.5 Å². The predicted molar refractivity (Wildman–Crippen MR) is 108 cm³/mol. The molecule has 0 N–H and O–H groups in total. The minimum atomic E-state index is -3.47. The van der Waals surface area contributed by atoms with Gasteiger partial charge in [0.2, 0.25) is 0 Å². The first-order chi connectivity index (χ1) is 13.4. The van der Waals surface area contributed by atoms with Gasteiger partial charge < -0.3 is 9.47 Å². The summed E-state index contributed by atoms with van der Waals surface area (Å²) in [4.78, 5) is 4.44. The summed E-state index contributed by atoms with van der Waals surface area (Å²) in [6.45, 7) is 2.42. The van der Waals surface area contributed by atoms with Crippen LogP contribution in [-0.2, 0) is 21.3 Å². The zero-order valence-electron chi connectivity index (χ0n) is 15.5. The molecule has 0 saturated heterocycles. The Morgan fingerprint density at radius 1 is 1.11 bits per heavy atom. The molecule has 148 valence electrons. The van der Waals surface area contributed by atoms with Gasteiger partial charge in [0.05, 0.1) is 30.9 Å². The molecule has 0 unspecified atom stereocenters. The highest BCUT2D eigenvalue weighted by Crippen LogP contribution is 2.34. The monoisotopic (exact) mass is 421 g/mol. The van der Waals surface area contributed by atoms with Gasteiger partial charge >= 0.3 is 0 Å². The Balaban J connectivity index is 1.76. The zero-order valence-corrected chi connectivity index (χ0v) is 17.1. The molecule has 0 bridgehead atoms.